The fraction of sp³-hybridized carbons (Fsp3) is 0.462. The Kier molecular flexibility index (Phi) is 2.94. The number of hydrogen-bond donors (Lipinski definition) is 0. The van der Waals surface area contributed by atoms with Crippen molar-refractivity contribution in [1.82, 2.24) is 19.5 Å². The molecular weight excluding hydrogens is 244 g/mol. The summed E-state index contributed by atoms with van der Waals surface area (Å²) in [6.07, 6.45) is 1.69. The van der Waals surface area contributed by atoms with Gasteiger partial charge in [-0.05, 0) is 26.0 Å². The van der Waals surface area contributed by atoms with E-state index in [1.807, 2.05) is 30.9 Å². The molecule has 2 aromatic rings. The summed E-state index contributed by atoms with van der Waals surface area (Å²) in [5, 5.41) is 7.79. The molecule has 0 radical (unpaired) electrons. The molecule has 0 aliphatic carbocycles. The number of amides is 1. The van der Waals surface area contributed by atoms with Crippen molar-refractivity contribution >= 4 is 11.6 Å². The molecular formula is C13H16N4O2. The van der Waals surface area contributed by atoms with Crippen LogP contribution in [0.15, 0.2) is 24.5 Å². The molecule has 0 saturated carbocycles. The third-order valence-electron chi connectivity index (χ3n) is 3.26. The number of ether oxygens (including phenoxy) is 1. The number of nitrogens with zero attached hydrogens (tertiary/aromatic N) is 4. The average molecular weight is 260 g/mol. The van der Waals surface area contributed by atoms with E-state index in [-0.39, 0.29) is 18.1 Å². The first-order chi connectivity index (χ1) is 9.15. The second kappa shape index (κ2) is 4.62. The molecule has 0 unspecified atom stereocenters. The fourth-order valence-corrected chi connectivity index (χ4v) is 2.53. The highest BCUT2D eigenvalue weighted by atomic mass is 16.5. The zero-order valence-corrected chi connectivity index (χ0v) is 11.0. The molecule has 0 N–H and O–H groups in total. The Morgan fingerprint density at radius 1 is 1.32 bits per heavy atom. The summed E-state index contributed by atoms with van der Waals surface area (Å²) in [4.78, 5) is 14.4. The normalized spacial score (nSPS) is 23.8. The quantitative estimate of drug-likeness (QED) is 0.767. The lowest BCUT2D eigenvalue weighted by Crippen LogP contribution is -2.48. The van der Waals surface area contributed by atoms with Gasteiger partial charge in [0.05, 0.1) is 12.2 Å². The minimum absolute atomic E-state index is 0.00704. The van der Waals surface area contributed by atoms with Crippen LogP contribution in [0.5, 0.6) is 0 Å². The SMILES string of the molecule is C[C@@H]1CN(C(=O)c2cccc3nncn23)C[C@H](C)O1. The predicted octanol–water partition coefficient (Wildman–Crippen LogP) is 0.979. The van der Waals surface area contributed by atoms with Crippen LogP contribution < -0.4 is 0 Å². The third kappa shape index (κ3) is 2.19. The number of aromatic nitrogens is 3. The molecule has 6 nitrogen and oxygen atoms in total. The van der Waals surface area contributed by atoms with Gasteiger partial charge in [-0.15, -0.1) is 10.2 Å². The van der Waals surface area contributed by atoms with Crippen LogP contribution in [0.4, 0.5) is 0 Å². The van der Waals surface area contributed by atoms with Gasteiger partial charge in [-0.3, -0.25) is 9.20 Å². The van der Waals surface area contributed by atoms with Gasteiger partial charge in [0.2, 0.25) is 0 Å². The molecule has 1 aliphatic rings. The van der Waals surface area contributed by atoms with Gasteiger partial charge in [0, 0.05) is 13.1 Å². The summed E-state index contributed by atoms with van der Waals surface area (Å²) >= 11 is 0. The number of carbonyl (C=O) groups is 1. The second-order valence-corrected chi connectivity index (χ2v) is 4.94. The molecule has 2 aromatic heterocycles. The molecule has 100 valence electrons. The zero-order chi connectivity index (χ0) is 13.4. The van der Waals surface area contributed by atoms with Crippen molar-refractivity contribution in [3.63, 3.8) is 0 Å². The van der Waals surface area contributed by atoms with Crippen LogP contribution in [0.1, 0.15) is 24.3 Å². The van der Waals surface area contributed by atoms with Crippen molar-refractivity contribution in [3.8, 4) is 0 Å². The van der Waals surface area contributed by atoms with E-state index in [1.54, 1.807) is 16.8 Å². The van der Waals surface area contributed by atoms with Crippen LogP contribution in [0, 0.1) is 0 Å². The maximum absolute atomic E-state index is 12.6. The summed E-state index contributed by atoms with van der Waals surface area (Å²) in [7, 11) is 0. The first-order valence-electron chi connectivity index (χ1n) is 6.38. The number of hydrogen-bond acceptors (Lipinski definition) is 4. The Morgan fingerprint density at radius 2 is 2.05 bits per heavy atom. The standard InChI is InChI=1S/C13H16N4O2/c1-9-6-16(7-10(2)19-9)13(18)11-4-3-5-12-15-14-8-17(11)12/h3-5,8-10H,6-7H2,1-2H3/t9-,10+. The highest BCUT2D eigenvalue weighted by Gasteiger charge is 2.27. The lowest BCUT2D eigenvalue weighted by molar-refractivity contribution is -0.0587. The Labute approximate surface area is 111 Å². The molecule has 0 aromatic carbocycles. The van der Waals surface area contributed by atoms with Crippen LogP contribution >= 0.6 is 0 Å². The zero-order valence-electron chi connectivity index (χ0n) is 11.0. The molecule has 2 atom stereocenters. The maximum Gasteiger partial charge on any atom is 0.271 e. The topological polar surface area (TPSA) is 59.7 Å². The molecule has 0 spiro atoms. The Morgan fingerprint density at radius 3 is 2.79 bits per heavy atom. The summed E-state index contributed by atoms with van der Waals surface area (Å²) in [5.74, 6) is -0.00704. The van der Waals surface area contributed by atoms with E-state index in [9.17, 15) is 4.79 Å². The number of rotatable bonds is 1. The lowest BCUT2D eigenvalue weighted by atomic mass is 10.2. The molecule has 1 fully saturated rings. The lowest BCUT2D eigenvalue weighted by Gasteiger charge is -2.35. The Balaban J connectivity index is 1.93. The summed E-state index contributed by atoms with van der Waals surface area (Å²) < 4.78 is 7.36. The van der Waals surface area contributed by atoms with E-state index in [1.165, 1.54) is 0 Å². The van der Waals surface area contributed by atoms with Crippen molar-refractivity contribution < 1.29 is 9.53 Å². The second-order valence-electron chi connectivity index (χ2n) is 4.94. The van der Waals surface area contributed by atoms with Gasteiger partial charge in [-0.25, -0.2) is 0 Å². The van der Waals surface area contributed by atoms with E-state index in [0.29, 0.717) is 24.4 Å². The van der Waals surface area contributed by atoms with Gasteiger partial charge in [-0.2, -0.15) is 0 Å². The highest BCUT2D eigenvalue weighted by molar-refractivity contribution is 5.93. The van der Waals surface area contributed by atoms with Crippen molar-refractivity contribution in [1.29, 1.82) is 0 Å². The Hall–Kier alpha value is -1.95. The minimum Gasteiger partial charge on any atom is -0.372 e. The van der Waals surface area contributed by atoms with Gasteiger partial charge in [0.15, 0.2) is 5.65 Å². The third-order valence-corrected chi connectivity index (χ3v) is 3.26. The van der Waals surface area contributed by atoms with E-state index in [4.69, 9.17) is 4.74 Å². The molecule has 3 rings (SSSR count). The van der Waals surface area contributed by atoms with Gasteiger partial charge >= 0.3 is 0 Å². The first kappa shape index (κ1) is 12.1. The van der Waals surface area contributed by atoms with Gasteiger partial charge in [0.25, 0.3) is 5.91 Å². The summed E-state index contributed by atoms with van der Waals surface area (Å²) in [6, 6.07) is 5.45. The minimum atomic E-state index is -0.00704. The molecule has 19 heavy (non-hydrogen) atoms. The summed E-state index contributed by atoms with van der Waals surface area (Å²) in [6.45, 7) is 5.19. The van der Waals surface area contributed by atoms with E-state index in [0.717, 1.165) is 0 Å². The highest BCUT2D eigenvalue weighted by Crippen LogP contribution is 2.15. The molecule has 3 heterocycles. The molecule has 6 heteroatoms. The van der Waals surface area contributed by atoms with Gasteiger partial charge < -0.3 is 9.64 Å². The number of morpholine rings is 1. The average Bonchev–Trinajstić information content (AvgIpc) is 2.84. The van der Waals surface area contributed by atoms with Crippen molar-refractivity contribution in [2.45, 2.75) is 26.1 Å². The van der Waals surface area contributed by atoms with E-state index >= 15 is 0 Å². The van der Waals surface area contributed by atoms with Crippen molar-refractivity contribution in [2.75, 3.05) is 13.1 Å². The molecule has 0 bridgehead atoms. The van der Waals surface area contributed by atoms with Crippen LogP contribution in [0.25, 0.3) is 5.65 Å². The predicted molar refractivity (Wildman–Crippen MR) is 68.9 cm³/mol. The van der Waals surface area contributed by atoms with E-state index in [2.05, 4.69) is 10.2 Å². The maximum atomic E-state index is 12.6. The number of pyridine rings is 1. The fourth-order valence-electron chi connectivity index (χ4n) is 2.53. The largest absolute Gasteiger partial charge is 0.372 e. The van der Waals surface area contributed by atoms with Gasteiger partial charge in [0.1, 0.15) is 12.0 Å². The van der Waals surface area contributed by atoms with E-state index < -0.39 is 0 Å². The first-order valence-corrected chi connectivity index (χ1v) is 6.38. The van der Waals surface area contributed by atoms with Crippen LogP contribution in [-0.2, 0) is 4.74 Å². The molecule has 1 aliphatic heterocycles. The molecule has 1 saturated heterocycles. The van der Waals surface area contributed by atoms with Crippen LogP contribution in [0.3, 0.4) is 0 Å². The number of carbonyl (C=O) groups excluding carboxylic acids is 1. The van der Waals surface area contributed by atoms with Crippen molar-refractivity contribution in [2.24, 2.45) is 0 Å². The Bertz CT molecular complexity index is 599. The van der Waals surface area contributed by atoms with Gasteiger partial charge in [-0.1, -0.05) is 6.07 Å². The monoisotopic (exact) mass is 260 g/mol. The summed E-state index contributed by atoms with van der Waals surface area (Å²) in [5.41, 5.74) is 1.27. The van der Waals surface area contributed by atoms with Crippen molar-refractivity contribution in [3.05, 3.63) is 30.2 Å². The molecule has 1 amide bonds. The van der Waals surface area contributed by atoms with Crippen LogP contribution in [-0.4, -0.2) is 50.7 Å². The number of fused-ring (bicyclic) bond motifs is 1. The smallest absolute Gasteiger partial charge is 0.271 e. The van der Waals surface area contributed by atoms with Crippen LogP contribution in [0.2, 0.25) is 0 Å².